The van der Waals surface area contributed by atoms with Crippen molar-refractivity contribution in [2.24, 2.45) is 5.73 Å². The topological polar surface area (TPSA) is 130 Å². The Labute approximate surface area is 144 Å². The molecule has 0 saturated heterocycles. The fourth-order valence-electron chi connectivity index (χ4n) is 2.52. The van der Waals surface area contributed by atoms with Gasteiger partial charge in [0.05, 0.1) is 6.04 Å². The van der Waals surface area contributed by atoms with E-state index in [0.717, 1.165) is 16.3 Å². The molecular formula is C18H20N2O5. The molecule has 0 aliphatic heterocycles. The van der Waals surface area contributed by atoms with Gasteiger partial charge in [-0.3, -0.25) is 9.59 Å². The Kier molecular flexibility index (Phi) is 6.08. The molecule has 0 spiro atoms. The summed E-state index contributed by atoms with van der Waals surface area (Å²) >= 11 is 0. The molecule has 2 rings (SSSR count). The summed E-state index contributed by atoms with van der Waals surface area (Å²) in [6.45, 7) is 0. The summed E-state index contributed by atoms with van der Waals surface area (Å²) < 4.78 is 0. The molecule has 0 radical (unpaired) electrons. The highest BCUT2D eigenvalue weighted by atomic mass is 16.4. The van der Waals surface area contributed by atoms with E-state index >= 15 is 0 Å². The Balaban J connectivity index is 2.00. The molecule has 1 amide bonds. The van der Waals surface area contributed by atoms with Crippen LogP contribution in [0.1, 0.15) is 18.4 Å². The van der Waals surface area contributed by atoms with Crippen LogP contribution >= 0.6 is 0 Å². The number of carboxylic acid groups (broad SMARTS) is 2. The van der Waals surface area contributed by atoms with E-state index in [2.05, 4.69) is 5.32 Å². The first kappa shape index (κ1) is 18.4. The van der Waals surface area contributed by atoms with Gasteiger partial charge in [-0.2, -0.15) is 0 Å². The van der Waals surface area contributed by atoms with Crippen LogP contribution in [0.25, 0.3) is 10.8 Å². The average molecular weight is 344 g/mol. The van der Waals surface area contributed by atoms with Crippen LogP contribution in [0.5, 0.6) is 0 Å². The molecule has 2 aromatic carbocycles. The van der Waals surface area contributed by atoms with Gasteiger partial charge in [0.25, 0.3) is 0 Å². The zero-order chi connectivity index (χ0) is 18.4. The molecule has 0 unspecified atom stereocenters. The van der Waals surface area contributed by atoms with Crippen molar-refractivity contribution in [1.29, 1.82) is 0 Å². The van der Waals surface area contributed by atoms with Crippen LogP contribution in [0.2, 0.25) is 0 Å². The Morgan fingerprint density at radius 3 is 2.36 bits per heavy atom. The Morgan fingerprint density at radius 2 is 1.72 bits per heavy atom. The molecule has 0 aliphatic carbocycles. The third-order valence-corrected chi connectivity index (χ3v) is 3.87. The minimum absolute atomic E-state index is 0.195. The van der Waals surface area contributed by atoms with E-state index < -0.39 is 29.9 Å². The lowest BCUT2D eigenvalue weighted by Gasteiger charge is -2.17. The van der Waals surface area contributed by atoms with Gasteiger partial charge in [0.15, 0.2) is 0 Å². The summed E-state index contributed by atoms with van der Waals surface area (Å²) in [6, 6.07) is 11.3. The number of carboxylic acids is 2. The molecule has 0 heterocycles. The normalized spacial score (nSPS) is 13.2. The van der Waals surface area contributed by atoms with Crippen LogP contribution in [0, 0.1) is 0 Å². The molecule has 132 valence electrons. The van der Waals surface area contributed by atoms with Gasteiger partial charge in [0, 0.05) is 6.42 Å². The van der Waals surface area contributed by atoms with Gasteiger partial charge in [-0.25, -0.2) is 4.79 Å². The summed E-state index contributed by atoms with van der Waals surface area (Å²) in [4.78, 5) is 33.8. The molecule has 7 nitrogen and oxygen atoms in total. The number of nitrogens with one attached hydrogen (secondary N) is 1. The summed E-state index contributed by atoms with van der Waals surface area (Å²) in [7, 11) is 0. The molecule has 2 aromatic rings. The third kappa shape index (κ3) is 5.29. The summed E-state index contributed by atoms with van der Waals surface area (Å²) in [5, 5.41) is 22.1. The number of carbonyl (C=O) groups is 3. The Morgan fingerprint density at radius 1 is 1.04 bits per heavy atom. The van der Waals surface area contributed by atoms with E-state index in [1.54, 1.807) is 0 Å². The van der Waals surface area contributed by atoms with Crippen molar-refractivity contribution in [1.82, 2.24) is 5.32 Å². The smallest absolute Gasteiger partial charge is 0.326 e. The lowest BCUT2D eigenvalue weighted by atomic mass is 10.0. The first-order valence-electron chi connectivity index (χ1n) is 7.85. The highest BCUT2D eigenvalue weighted by molar-refractivity contribution is 5.87. The van der Waals surface area contributed by atoms with E-state index in [0.29, 0.717) is 0 Å². The predicted octanol–water partition coefficient (Wildman–Crippen LogP) is 1.14. The van der Waals surface area contributed by atoms with Gasteiger partial charge in [-0.1, -0.05) is 42.5 Å². The van der Waals surface area contributed by atoms with Gasteiger partial charge in [0.1, 0.15) is 6.04 Å². The summed E-state index contributed by atoms with van der Waals surface area (Å²) in [5.74, 6) is -3.03. The molecule has 25 heavy (non-hydrogen) atoms. The molecule has 0 bridgehead atoms. The van der Waals surface area contributed by atoms with E-state index in [4.69, 9.17) is 15.9 Å². The van der Waals surface area contributed by atoms with Crippen molar-refractivity contribution in [3.05, 3.63) is 48.0 Å². The molecule has 2 atom stereocenters. The number of aliphatic carboxylic acids is 2. The number of benzene rings is 2. The van der Waals surface area contributed by atoms with E-state index in [-0.39, 0.29) is 19.3 Å². The molecular weight excluding hydrogens is 324 g/mol. The van der Waals surface area contributed by atoms with Gasteiger partial charge in [0.2, 0.25) is 5.91 Å². The van der Waals surface area contributed by atoms with Gasteiger partial charge in [-0.15, -0.1) is 0 Å². The minimum atomic E-state index is -1.28. The lowest BCUT2D eigenvalue weighted by Crippen LogP contribution is -2.49. The zero-order valence-electron chi connectivity index (χ0n) is 13.5. The Bertz CT molecular complexity index is 790. The van der Waals surface area contributed by atoms with E-state index in [1.807, 2.05) is 42.5 Å². The number of rotatable bonds is 8. The Hall–Kier alpha value is -2.93. The monoisotopic (exact) mass is 344 g/mol. The number of amides is 1. The molecule has 0 aromatic heterocycles. The van der Waals surface area contributed by atoms with Crippen LogP contribution in [-0.4, -0.2) is 40.1 Å². The highest BCUT2D eigenvalue weighted by Crippen LogP contribution is 2.16. The van der Waals surface area contributed by atoms with E-state index in [1.165, 1.54) is 0 Å². The van der Waals surface area contributed by atoms with Crippen molar-refractivity contribution in [3.8, 4) is 0 Å². The van der Waals surface area contributed by atoms with Crippen molar-refractivity contribution >= 4 is 28.6 Å². The maximum Gasteiger partial charge on any atom is 0.326 e. The van der Waals surface area contributed by atoms with Crippen molar-refractivity contribution in [3.63, 3.8) is 0 Å². The van der Waals surface area contributed by atoms with Gasteiger partial charge < -0.3 is 21.3 Å². The number of fused-ring (bicyclic) bond motifs is 1. The molecule has 0 fully saturated rings. The summed E-state index contributed by atoms with van der Waals surface area (Å²) in [5.41, 5.74) is 6.74. The van der Waals surface area contributed by atoms with E-state index in [9.17, 15) is 14.4 Å². The first-order valence-corrected chi connectivity index (χ1v) is 7.85. The molecule has 0 aliphatic rings. The van der Waals surface area contributed by atoms with Crippen LogP contribution < -0.4 is 11.1 Å². The molecule has 7 heteroatoms. The fraction of sp³-hybridized carbons (Fsp3) is 0.278. The minimum Gasteiger partial charge on any atom is -0.481 e. The van der Waals surface area contributed by atoms with Crippen LogP contribution in [0.4, 0.5) is 0 Å². The predicted molar refractivity (Wildman–Crippen MR) is 92.1 cm³/mol. The SMILES string of the molecule is N[C@@H](Cc1ccc2ccccc2c1)C(=O)N[C@@H](CCC(=O)O)C(=O)O. The van der Waals surface area contributed by atoms with Crippen molar-refractivity contribution < 1.29 is 24.6 Å². The van der Waals surface area contributed by atoms with Gasteiger partial charge >= 0.3 is 11.9 Å². The largest absolute Gasteiger partial charge is 0.481 e. The highest BCUT2D eigenvalue weighted by Gasteiger charge is 2.24. The second-order valence-electron chi connectivity index (χ2n) is 5.82. The van der Waals surface area contributed by atoms with Gasteiger partial charge in [-0.05, 0) is 29.2 Å². The fourth-order valence-corrected chi connectivity index (χ4v) is 2.52. The zero-order valence-corrected chi connectivity index (χ0v) is 13.5. The first-order chi connectivity index (χ1) is 11.9. The van der Waals surface area contributed by atoms with Crippen LogP contribution in [0.3, 0.4) is 0 Å². The maximum absolute atomic E-state index is 12.1. The molecule has 0 saturated carbocycles. The second kappa shape index (κ2) is 8.25. The van der Waals surface area contributed by atoms with Crippen molar-refractivity contribution in [2.45, 2.75) is 31.3 Å². The quantitative estimate of drug-likeness (QED) is 0.568. The maximum atomic E-state index is 12.1. The van der Waals surface area contributed by atoms with Crippen molar-refractivity contribution in [2.75, 3.05) is 0 Å². The van der Waals surface area contributed by atoms with Crippen LogP contribution in [-0.2, 0) is 20.8 Å². The lowest BCUT2D eigenvalue weighted by molar-refractivity contribution is -0.143. The number of carbonyl (C=O) groups excluding carboxylic acids is 1. The third-order valence-electron chi connectivity index (χ3n) is 3.87. The second-order valence-corrected chi connectivity index (χ2v) is 5.82. The molecule has 5 N–H and O–H groups in total. The number of nitrogens with two attached hydrogens (primary N) is 1. The average Bonchev–Trinajstić information content (AvgIpc) is 2.57. The number of hydrogen-bond donors (Lipinski definition) is 4. The standard InChI is InChI=1S/C18H20N2O5/c19-14(17(23)20-15(18(24)25)7-8-16(21)22)10-11-5-6-12-3-1-2-4-13(12)9-11/h1-6,9,14-15H,7-8,10,19H2,(H,20,23)(H,21,22)(H,24,25)/t14-,15-/m0/s1. The number of hydrogen-bond acceptors (Lipinski definition) is 4. The van der Waals surface area contributed by atoms with Crippen LogP contribution in [0.15, 0.2) is 42.5 Å². The summed E-state index contributed by atoms with van der Waals surface area (Å²) in [6.07, 6.45) is -0.293.